The van der Waals surface area contributed by atoms with Gasteiger partial charge in [-0.1, -0.05) is 51.1 Å². The lowest BCUT2D eigenvalue weighted by Gasteiger charge is -2.27. The highest BCUT2D eigenvalue weighted by atomic mass is 17.1. The van der Waals surface area contributed by atoms with Crippen molar-refractivity contribution >= 4 is 0 Å². The molecule has 0 amide bonds. The highest BCUT2D eigenvalue weighted by Gasteiger charge is 2.27. The molecular formula is C11H16O2. The Balaban J connectivity index is 2.92. The maximum absolute atomic E-state index is 8.82. The van der Waals surface area contributed by atoms with E-state index < -0.39 is 0 Å². The molecule has 13 heavy (non-hydrogen) atoms. The van der Waals surface area contributed by atoms with Crippen molar-refractivity contribution in [2.75, 3.05) is 0 Å². The van der Waals surface area contributed by atoms with Crippen LogP contribution in [0.25, 0.3) is 0 Å². The highest BCUT2D eigenvalue weighted by Crippen LogP contribution is 2.34. The van der Waals surface area contributed by atoms with Gasteiger partial charge in [0.15, 0.2) is 0 Å². The zero-order valence-corrected chi connectivity index (χ0v) is 8.32. The topological polar surface area (TPSA) is 29.5 Å². The second-order valence-electron chi connectivity index (χ2n) is 4.26. The zero-order chi connectivity index (χ0) is 9.90. The molecule has 1 atom stereocenters. The molecule has 0 heterocycles. The molecule has 0 fully saturated rings. The summed E-state index contributed by atoms with van der Waals surface area (Å²) >= 11 is 0. The molecule has 0 aromatic heterocycles. The summed E-state index contributed by atoms with van der Waals surface area (Å²) < 4.78 is 0. The van der Waals surface area contributed by atoms with Gasteiger partial charge in [0.1, 0.15) is 6.10 Å². The van der Waals surface area contributed by atoms with Crippen molar-refractivity contribution in [3.8, 4) is 0 Å². The first kappa shape index (κ1) is 10.2. The lowest BCUT2D eigenvalue weighted by atomic mass is 9.85. The molecule has 2 nitrogen and oxygen atoms in total. The van der Waals surface area contributed by atoms with Crippen LogP contribution >= 0.6 is 0 Å². The average Bonchev–Trinajstić information content (AvgIpc) is 2.05. The fourth-order valence-electron chi connectivity index (χ4n) is 1.35. The Morgan fingerprint density at radius 3 is 2.08 bits per heavy atom. The van der Waals surface area contributed by atoms with E-state index in [1.165, 1.54) is 0 Å². The monoisotopic (exact) mass is 180 g/mol. The summed E-state index contributed by atoms with van der Waals surface area (Å²) in [7, 11) is 0. The smallest absolute Gasteiger partial charge is 0.122 e. The normalized spacial score (nSPS) is 14.2. The molecule has 1 unspecified atom stereocenters. The molecule has 0 aliphatic rings. The largest absolute Gasteiger partial charge is 0.251 e. The second kappa shape index (κ2) is 3.90. The minimum absolute atomic E-state index is 0.101. The Kier molecular flexibility index (Phi) is 3.07. The molecule has 1 aromatic rings. The Bertz CT molecular complexity index is 249. The second-order valence-corrected chi connectivity index (χ2v) is 4.26. The molecule has 1 aromatic carbocycles. The van der Waals surface area contributed by atoms with Crippen LogP contribution in [-0.2, 0) is 4.89 Å². The van der Waals surface area contributed by atoms with Crippen LogP contribution in [0, 0.1) is 5.41 Å². The number of benzene rings is 1. The summed E-state index contributed by atoms with van der Waals surface area (Å²) in [5.41, 5.74) is 0.897. The third-order valence-electron chi connectivity index (χ3n) is 1.99. The van der Waals surface area contributed by atoms with Crippen molar-refractivity contribution in [1.82, 2.24) is 0 Å². The fraction of sp³-hybridized carbons (Fsp3) is 0.455. The molecule has 1 rings (SSSR count). The van der Waals surface area contributed by atoms with Crippen LogP contribution in [0.2, 0.25) is 0 Å². The first-order chi connectivity index (χ1) is 6.05. The van der Waals surface area contributed by atoms with Crippen molar-refractivity contribution in [2.45, 2.75) is 26.9 Å². The third kappa shape index (κ3) is 2.54. The van der Waals surface area contributed by atoms with Gasteiger partial charge in [-0.3, -0.25) is 5.26 Å². The van der Waals surface area contributed by atoms with Crippen LogP contribution in [0.4, 0.5) is 0 Å². The molecule has 0 radical (unpaired) electrons. The highest BCUT2D eigenvalue weighted by molar-refractivity contribution is 5.19. The minimum atomic E-state index is -0.270. The summed E-state index contributed by atoms with van der Waals surface area (Å²) in [6, 6.07) is 9.72. The van der Waals surface area contributed by atoms with Crippen LogP contribution in [0.15, 0.2) is 30.3 Å². The van der Waals surface area contributed by atoms with Crippen LogP contribution in [0.3, 0.4) is 0 Å². The maximum Gasteiger partial charge on any atom is 0.122 e. The summed E-state index contributed by atoms with van der Waals surface area (Å²) in [4.78, 5) is 4.50. The van der Waals surface area contributed by atoms with Gasteiger partial charge in [0.2, 0.25) is 0 Å². The molecule has 1 N–H and O–H groups in total. The van der Waals surface area contributed by atoms with Gasteiger partial charge < -0.3 is 0 Å². The summed E-state index contributed by atoms with van der Waals surface area (Å²) in [5, 5.41) is 8.82. The van der Waals surface area contributed by atoms with Gasteiger partial charge in [0.05, 0.1) is 0 Å². The third-order valence-corrected chi connectivity index (χ3v) is 1.99. The van der Waals surface area contributed by atoms with Gasteiger partial charge in [-0.25, -0.2) is 4.89 Å². The molecule has 2 heteroatoms. The number of hydrogen-bond donors (Lipinski definition) is 1. The van der Waals surface area contributed by atoms with Gasteiger partial charge in [0.25, 0.3) is 0 Å². The lowest BCUT2D eigenvalue weighted by Crippen LogP contribution is -2.20. The Morgan fingerprint density at radius 2 is 1.69 bits per heavy atom. The maximum atomic E-state index is 8.82. The Labute approximate surface area is 79.1 Å². The van der Waals surface area contributed by atoms with E-state index in [1.807, 2.05) is 51.1 Å². The van der Waals surface area contributed by atoms with E-state index in [1.54, 1.807) is 0 Å². The Morgan fingerprint density at radius 1 is 1.15 bits per heavy atom. The number of rotatable bonds is 2. The van der Waals surface area contributed by atoms with Crippen LogP contribution in [-0.4, -0.2) is 5.26 Å². The van der Waals surface area contributed by atoms with E-state index in [-0.39, 0.29) is 11.5 Å². The summed E-state index contributed by atoms with van der Waals surface area (Å²) in [6.45, 7) is 6.09. The number of hydrogen-bond acceptors (Lipinski definition) is 2. The van der Waals surface area contributed by atoms with Crippen molar-refractivity contribution in [3.05, 3.63) is 35.9 Å². The molecule has 0 saturated heterocycles. The van der Waals surface area contributed by atoms with Gasteiger partial charge in [-0.05, 0) is 11.0 Å². The summed E-state index contributed by atoms with van der Waals surface area (Å²) in [6.07, 6.45) is -0.270. The quantitative estimate of drug-likeness (QED) is 0.559. The van der Waals surface area contributed by atoms with Crippen LogP contribution in [0.5, 0.6) is 0 Å². The predicted molar refractivity (Wildman–Crippen MR) is 52.4 cm³/mol. The average molecular weight is 180 g/mol. The standard InChI is InChI=1S/C11H16O2/c1-11(2,3)10(13-12)9-7-5-4-6-8-9/h4-8,10,12H,1-3H3. The first-order valence-electron chi connectivity index (χ1n) is 4.41. The van der Waals surface area contributed by atoms with E-state index in [2.05, 4.69) is 4.89 Å². The van der Waals surface area contributed by atoms with E-state index in [0.29, 0.717) is 0 Å². The van der Waals surface area contributed by atoms with Gasteiger partial charge >= 0.3 is 0 Å². The van der Waals surface area contributed by atoms with E-state index in [4.69, 9.17) is 5.26 Å². The Hall–Kier alpha value is -0.860. The summed E-state index contributed by atoms with van der Waals surface area (Å²) in [5.74, 6) is 0. The predicted octanol–water partition coefficient (Wildman–Crippen LogP) is 3.26. The van der Waals surface area contributed by atoms with E-state index in [9.17, 15) is 0 Å². The van der Waals surface area contributed by atoms with E-state index in [0.717, 1.165) is 5.56 Å². The van der Waals surface area contributed by atoms with Gasteiger partial charge in [0, 0.05) is 0 Å². The molecule has 0 bridgehead atoms. The minimum Gasteiger partial charge on any atom is -0.251 e. The zero-order valence-electron chi connectivity index (χ0n) is 8.32. The van der Waals surface area contributed by atoms with Crippen molar-refractivity contribution in [2.24, 2.45) is 5.41 Å². The van der Waals surface area contributed by atoms with Crippen molar-refractivity contribution in [1.29, 1.82) is 0 Å². The molecule has 72 valence electrons. The fourth-order valence-corrected chi connectivity index (χ4v) is 1.35. The molecule has 0 aliphatic heterocycles. The molecule has 0 saturated carbocycles. The lowest BCUT2D eigenvalue weighted by molar-refractivity contribution is -0.303. The van der Waals surface area contributed by atoms with Crippen LogP contribution < -0.4 is 0 Å². The van der Waals surface area contributed by atoms with Crippen molar-refractivity contribution in [3.63, 3.8) is 0 Å². The van der Waals surface area contributed by atoms with Gasteiger partial charge in [-0.15, -0.1) is 0 Å². The van der Waals surface area contributed by atoms with Gasteiger partial charge in [-0.2, -0.15) is 0 Å². The SMILES string of the molecule is CC(C)(C)C(OO)c1ccccc1. The molecule has 0 spiro atoms. The first-order valence-corrected chi connectivity index (χ1v) is 4.41. The molecule has 0 aliphatic carbocycles. The van der Waals surface area contributed by atoms with Crippen LogP contribution in [0.1, 0.15) is 32.4 Å². The van der Waals surface area contributed by atoms with E-state index >= 15 is 0 Å². The van der Waals surface area contributed by atoms with Crippen molar-refractivity contribution < 1.29 is 10.1 Å². The molecular weight excluding hydrogens is 164 g/mol.